The second-order valence-corrected chi connectivity index (χ2v) is 5.52. The molecule has 2 heterocycles. The van der Waals surface area contributed by atoms with Crippen LogP contribution >= 0.6 is 0 Å². The first kappa shape index (κ1) is 17.7. The van der Waals surface area contributed by atoms with Crippen LogP contribution in [-0.4, -0.2) is 17.7 Å². The normalized spacial score (nSPS) is 16.0. The average Bonchev–Trinajstić information content (AvgIpc) is 2.61. The van der Waals surface area contributed by atoms with Crippen LogP contribution in [0.5, 0.6) is 5.75 Å². The molecule has 0 bridgehead atoms. The molecule has 1 aromatic heterocycles. The molecule has 0 radical (unpaired) electrons. The van der Waals surface area contributed by atoms with Crippen molar-refractivity contribution in [2.75, 3.05) is 6.61 Å². The fraction of sp³-hybridized carbons (Fsp3) is 0.222. The Morgan fingerprint density at radius 1 is 1.38 bits per heavy atom. The largest absolute Gasteiger partial charge is 0.462 e. The Labute approximate surface area is 147 Å². The summed E-state index contributed by atoms with van der Waals surface area (Å²) in [6.07, 6.45) is 0. The summed E-state index contributed by atoms with van der Waals surface area (Å²) in [5, 5.41) is 9.31. The minimum absolute atomic E-state index is 0.0255. The number of esters is 1. The third-order valence-corrected chi connectivity index (χ3v) is 3.84. The minimum Gasteiger partial charge on any atom is -0.462 e. The number of ether oxygens (including phenoxy) is 2. The van der Waals surface area contributed by atoms with Crippen molar-refractivity contribution in [2.45, 2.75) is 19.4 Å². The van der Waals surface area contributed by atoms with E-state index in [1.165, 1.54) is 18.2 Å². The molecule has 2 aromatic rings. The summed E-state index contributed by atoms with van der Waals surface area (Å²) in [5.41, 5.74) is 5.49. The summed E-state index contributed by atoms with van der Waals surface area (Å²) < 4.78 is 29.6. The van der Waals surface area contributed by atoms with Gasteiger partial charge in [-0.1, -0.05) is 12.1 Å². The molecule has 26 heavy (non-hydrogen) atoms. The summed E-state index contributed by atoms with van der Waals surface area (Å²) in [7, 11) is 0. The van der Waals surface area contributed by atoms with Crippen LogP contribution in [0.2, 0.25) is 0 Å². The molecule has 0 saturated heterocycles. The zero-order valence-corrected chi connectivity index (χ0v) is 13.8. The fourth-order valence-corrected chi connectivity index (χ4v) is 2.79. The van der Waals surface area contributed by atoms with Crippen LogP contribution in [0.4, 0.5) is 4.39 Å². The van der Waals surface area contributed by atoms with Crippen molar-refractivity contribution in [3.63, 3.8) is 0 Å². The van der Waals surface area contributed by atoms with Gasteiger partial charge < -0.3 is 24.7 Å². The van der Waals surface area contributed by atoms with Crippen molar-refractivity contribution in [3.05, 3.63) is 74.9 Å². The monoisotopic (exact) mass is 361 g/mol. The Balaban J connectivity index is 2.28. The molecular weight excluding hydrogens is 345 g/mol. The summed E-state index contributed by atoms with van der Waals surface area (Å²) in [4.78, 5) is 24.7. The average molecular weight is 361 g/mol. The smallest absolute Gasteiger partial charge is 0.340 e. The van der Waals surface area contributed by atoms with Crippen molar-refractivity contribution in [1.82, 2.24) is 0 Å². The van der Waals surface area contributed by atoms with E-state index in [1.807, 2.05) is 0 Å². The summed E-state index contributed by atoms with van der Waals surface area (Å²) in [5.74, 6) is -2.96. The maximum atomic E-state index is 13.8. The van der Waals surface area contributed by atoms with Gasteiger partial charge in [0.1, 0.15) is 23.8 Å². The second kappa shape index (κ2) is 7.01. The highest BCUT2D eigenvalue weighted by Gasteiger charge is 2.39. The van der Waals surface area contributed by atoms with Gasteiger partial charge in [0.2, 0.25) is 17.1 Å². The number of benzene rings is 1. The van der Waals surface area contributed by atoms with Crippen molar-refractivity contribution in [2.24, 2.45) is 5.73 Å². The number of aliphatic hydroxyl groups excluding tert-OH is 1. The molecule has 8 heteroatoms. The van der Waals surface area contributed by atoms with Crippen LogP contribution in [-0.2, 0) is 16.1 Å². The number of hydrogen-bond acceptors (Lipinski definition) is 7. The topological polar surface area (TPSA) is 112 Å². The molecule has 1 aliphatic rings. The Hall–Kier alpha value is -3.13. The lowest BCUT2D eigenvalue weighted by atomic mass is 9.86. The van der Waals surface area contributed by atoms with Gasteiger partial charge in [-0.3, -0.25) is 4.79 Å². The van der Waals surface area contributed by atoms with Gasteiger partial charge in [0.25, 0.3) is 0 Å². The van der Waals surface area contributed by atoms with E-state index < -0.39 is 29.7 Å². The molecule has 1 aliphatic heterocycles. The number of nitrogens with two attached hydrogens (primary N) is 1. The van der Waals surface area contributed by atoms with Gasteiger partial charge in [-0.05, 0) is 24.6 Å². The Kier molecular flexibility index (Phi) is 4.77. The van der Waals surface area contributed by atoms with Crippen LogP contribution < -0.4 is 15.9 Å². The van der Waals surface area contributed by atoms with Gasteiger partial charge in [0.15, 0.2) is 5.76 Å². The molecule has 1 atom stereocenters. The van der Waals surface area contributed by atoms with Gasteiger partial charge >= 0.3 is 5.97 Å². The minimum atomic E-state index is -1.02. The van der Waals surface area contributed by atoms with Gasteiger partial charge in [0, 0.05) is 6.07 Å². The first-order valence-electron chi connectivity index (χ1n) is 7.84. The molecule has 0 spiro atoms. The lowest BCUT2D eigenvalue weighted by Gasteiger charge is -2.26. The number of carbonyl (C=O) groups excluding carboxylic acids is 1. The summed E-state index contributed by atoms with van der Waals surface area (Å²) in [6, 6.07) is 6.50. The maximum absolute atomic E-state index is 13.8. The molecular formula is C18H16FNO6. The quantitative estimate of drug-likeness (QED) is 0.794. The Morgan fingerprint density at radius 2 is 2.15 bits per heavy atom. The van der Waals surface area contributed by atoms with E-state index in [0.29, 0.717) is 5.56 Å². The fourth-order valence-electron chi connectivity index (χ4n) is 2.79. The number of hydrogen-bond donors (Lipinski definition) is 2. The molecule has 3 rings (SSSR count). The first-order chi connectivity index (χ1) is 12.5. The molecule has 0 saturated carbocycles. The van der Waals surface area contributed by atoms with E-state index in [0.717, 1.165) is 6.07 Å². The van der Waals surface area contributed by atoms with E-state index in [-0.39, 0.29) is 35.3 Å². The lowest BCUT2D eigenvalue weighted by Crippen LogP contribution is -2.30. The zero-order valence-electron chi connectivity index (χ0n) is 13.8. The first-order valence-corrected chi connectivity index (χ1v) is 7.84. The predicted molar refractivity (Wildman–Crippen MR) is 87.6 cm³/mol. The Morgan fingerprint density at radius 3 is 2.81 bits per heavy atom. The van der Waals surface area contributed by atoms with E-state index >= 15 is 0 Å². The van der Waals surface area contributed by atoms with Gasteiger partial charge in [-0.15, -0.1) is 0 Å². The van der Waals surface area contributed by atoms with Crippen LogP contribution in [0.25, 0.3) is 0 Å². The SMILES string of the molecule is CCOC(=O)C1=C(N)Oc2c(oc(CO)cc2=O)C1c1cccc(F)c1. The van der Waals surface area contributed by atoms with Crippen molar-refractivity contribution in [3.8, 4) is 5.75 Å². The molecule has 0 amide bonds. The van der Waals surface area contributed by atoms with Gasteiger partial charge in [0.05, 0.1) is 12.5 Å². The van der Waals surface area contributed by atoms with Crippen molar-refractivity contribution >= 4 is 5.97 Å². The molecule has 1 aromatic carbocycles. The lowest BCUT2D eigenvalue weighted by molar-refractivity contribution is -0.139. The molecule has 3 N–H and O–H groups in total. The van der Waals surface area contributed by atoms with E-state index in [9.17, 15) is 19.1 Å². The summed E-state index contributed by atoms with van der Waals surface area (Å²) >= 11 is 0. The number of halogens is 1. The highest BCUT2D eigenvalue weighted by atomic mass is 19.1. The predicted octanol–water partition coefficient (Wildman–Crippen LogP) is 1.53. The number of rotatable bonds is 4. The molecule has 7 nitrogen and oxygen atoms in total. The standard InChI is InChI=1S/C18H16FNO6/c1-2-24-18(23)14-13(9-4-3-5-10(19)6-9)16-15(26-17(14)20)12(22)7-11(8-21)25-16/h3-7,13,21H,2,8,20H2,1H3. The zero-order chi connectivity index (χ0) is 18.8. The van der Waals surface area contributed by atoms with Gasteiger partial charge in [-0.2, -0.15) is 0 Å². The van der Waals surface area contributed by atoms with E-state index in [4.69, 9.17) is 19.6 Å². The summed E-state index contributed by atoms with van der Waals surface area (Å²) in [6.45, 7) is 1.17. The third-order valence-electron chi connectivity index (χ3n) is 3.84. The van der Waals surface area contributed by atoms with Crippen LogP contribution in [0.1, 0.15) is 29.9 Å². The van der Waals surface area contributed by atoms with Crippen LogP contribution in [0.3, 0.4) is 0 Å². The van der Waals surface area contributed by atoms with Crippen molar-refractivity contribution in [1.29, 1.82) is 0 Å². The second-order valence-electron chi connectivity index (χ2n) is 5.52. The molecule has 136 valence electrons. The highest BCUT2D eigenvalue weighted by molar-refractivity contribution is 5.92. The molecule has 0 fully saturated rings. The molecule has 1 unspecified atom stereocenters. The highest BCUT2D eigenvalue weighted by Crippen LogP contribution is 2.41. The van der Waals surface area contributed by atoms with Gasteiger partial charge in [-0.25, -0.2) is 9.18 Å². The Bertz CT molecular complexity index is 949. The van der Waals surface area contributed by atoms with E-state index in [1.54, 1.807) is 13.0 Å². The molecule has 0 aliphatic carbocycles. The van der Waals surface area contributed by atoms with E-state index in [2.05, 4.69) is 0 Å². The van der Waals surface area contributed by atoms with Crippen LogP contribution in [0.15, 0.2) is 51.0 Å². The maximum Gasteiger partial charge on any atom is 0.340 e. The third kappa shape index (κ3) is 3.06. The number of aliphatic hydroxyl groups is 1. The van der Waals surface area contributed by atoms with Crippen molar-refractivity contribution < 1.29 is 28.2 Å². The van der Waals surface area contributed by atoms with Crippen LogP contribution in [0, 0.1) is 5.82 Å². The number of fused-ring (bicyclic) bond motifs is 1. The number of carbonyl (C=O) groups is 1.